The Hall–Kier alpha value is -1.50. The van der Waals surface area contributed by atoms with Crippen molar-refractivity contribution in [1.29, 1.82) is 0 Å². The molecular formula is C8H9BrN6. The van der Waals surface area contributed by atoms with Crippen LogP contribution in [0.15, 0.2) is 23.3 Å². The molecule has 0 amide bonds. The van der Waals surface area contributed by atoms with Gasteiger partial charge in [0, 0.05) is 19.2 Å². The average Bonchev–Trinajstić information content (AvgIpc) is 2.74. The third-order valence-corrected chi connectivity index (χ3v) is 2.37. The number of rotatable bonds is 4. The number of nitrogens with zero attached hydrogens (tertiary/aromatic N) is 4. The summed E-state index contributed by atoms with van der Waals surface area (Å²) in [5, 5.41) is 9.72. The van der Waals surface area contributed by atoms with Crippen LogP contribution < -0.4 is 5.32 Å². The summed E-state index contributed by atoms with van der Waals surface area (Å²) < 4.78 is 0.850. The largest absolute Gasteiger partial charge is 0.369 e. The first-order valence-electron chi connectivity index (χ1n) is 4.40. The van der Waals surface area contributed by atoms with Gasteiger partial charge in [-0.3, -0.25) is 5.10 Å². The fraction of sp³-hybridized carbons (Fsp3) is 0.250. The molecule has 0 atom stereocenters. The second kappa shape index (κ2) is 4.83. The first-order chi connectivity index (χ1) is 7.36. The molecular weight excluding hydrogens is 260 g/mol. The summed E-state index contributed by atoms with van der Waals surface area (Å²) in [5.74, 6) is 1.64. The highest BCUT2D eigenvalue weighted by atomic mass is 79.9. The number of aromatic nitrogens is 5. The maximum atomic E-state index is 4.08. The Labute approximate surface area is 94.7 Å². The lowest BCUT2D eigenvalue weighted by atomic mass is 10.4. The van der Waals surface area contributed by atoms with Crippen LogP contribution >= 0.6 is 15.9 Å². The Morgan fingerprint density at radius 1 is 1.33 bits per heavy atom. The fourth-order valence-electron chi connectivity index (χ4n) is 1.09. The molecule has 0 aromatic carbocycles. The van der Waals surface area contributed by atoms with Crippen molar-refractivity contribution >= 4 is 21.7 Å². The molecule has 6 nitrogen and oxygen atoms in total. The number of nitrogens with one attached hydrogen (secondary N) is 2. The van der Waals surface area contributed by atoms with Crippen molar-refractivity contribution in [3.63, 3.8) is 0 Å². The van der Waals surface area contributed by atoms with Crippen LogP contribution in [0.3, 0.4) is 0 Å². The van der Waals surface area contributed by atoms with Crippen LogP contribution in [0.4, 0.5) is 5.82 Å². The molecule has 2 aromatic heterocycles. The van der Waals surface area contributed by atoms with Crippen LogP contribution in [0.1, 0.15) is 5.82 Å². The lowest BCUT2D eigenvalue weighted by Crippen LogP contribution is -2.07. The average molecular weight is 269 g/mol. The monoisotopic (exact) mass is 268 g/mol. The highest BCUT2D eigenvalue weighted by Crippen LogP contribution is 2.16. The Kier molecular flexibility index (Phi) is 3.23. The van der Waals surface area contributed by atoms with Crippen molar-refractivity contribution in [2.45, 2.75) is 6.42 Å². The van der Waals surface area contributed by atoms with E-state index in [4.69, 9.17) is 0 Å². The summed E-state index contributed by atoms with van der Waals surface area (Å²) in [4.78, 5) is 12.0. The zero-order valence-corrected chi connectivity index (χ0v) is 9.40. The number of halogens is 1. The van der Waals surface area contributed by atoms with Crippen LogP contribution in [-0.4, -0.2) is 31.7 Å². The van der Waals surface area contributed by atoms with Crippen LogP contribution in [0.25, 0.3) is 0 Å². The van der Waals surface area contributed by atoms with Gasteiger partial charge in [-0.15, -0.1) is 0 Å². The van der Waals surface area contributed by atoms with Gasteiger partial charge < -0.3 is 5.32 Å². The summed E-state index contributed by atoms with van der Waals surface area (Å²) in [6.45, 7) is 0.741. The SMILES string of the molecule is Brc1cncnc1NCCc1ncn[nH]1. The van der Waals surface area contributed by atoms with E-state index in [0.29, 0.717) is 0 Å². The number of anilines is 1. The van der Waals surface area contributed by atoms with E-state index in [-0.39, 0.29) is 0 Å². The Bertz CT molecular complexity index is 415. The van der Waals surface area contributed by atoms with E-state index in [2.05, 4.69) is 46.4 Å². The van der Waals surface area contributed by atoms with Crippen LogP contribution in [0.2, 0.25) is 0 Å². The number of H-pyrrole nitrogens is 1. The molecule has 2 heterocycles. The molecule has 2 N–H and O–H groups in total. The molecule has 0 unspecified atom stereocenters. The van der Waals surface area contributed by atoms with Gasteiger partial charge >= 0.3 is 0 Å². The molecule has 0 spiro atoms. The highest BCUT2D eigenvalue weighted by Gasteiger charge is 2.00. The molecule has 2 rings (SSSR count). The Balaban J connectivity index is 1.86. The summed E-state index contributed by atoms with van der Waals surface area (Å²) in [6.07, 6.45) is 5.47. The minimum Gasteiger partial charge on any atom is -0.369 e. The minimum absolute atomic E-state index is 0.741. The molecule has 0 aliphatic heterocycles. The van der Waals surface area contributed by atoms with Gasteiger partial charge in [-0.2, -0.15) is 5.10 Å². The molecule has 0 aliphatic carbocycles. The molecule has 15 heavy (non-hydrogen) atoms. The van der Waals surface area contributed by atoms with Crippen LogP contribution in [-0.2, 0) is 6.42 Å². The van der Waals surface area contributed by atoms with E-state index in [9.17, 15) is 0 Å². The number of hydrogen-bond donors (Lipinski definition) is 2. The van der Waals surface area contributed by atoms with E-state index in [1.165, 1.54) is 12.7 Å². The molecule has 0 bridgehead atoms. The summed E-state index contributed by atoms with van der Waals surface area (Å²) in [5.41, 5.74) is 0. The van der Waals surface area contributed by atoms with Gasteiger partial charge in [-0.05, 0) is 15.9 Å². The second-order valence-corrected chi connectivity index (χ2v) is 3.68. The van der Waals surface area contributed by atoms with Crippen molar-refractivity contribution < 1.29 is 0 Å². The van der Waals surface area contributed by atoms with Gasteiger partial charge in [0.1, 0.15) is 24.3 Å². The third-order valence-electron chi connectivity index (χ3n) is 1.79. The summed E-state index contributed by atoms with van der Waals surface area (Å²) in [7, 11) is 0. The molecule has 78 valence electrons. The predicted molar refractivity (Wildman–Crippen MR) is 58.3 cm³/mol. The topological polar surface area (TPSA) is 79.4 Å². The number of hydrogen-bond acceptors (Lipinski definition) is 5. The first kappa shape index (κ1) is 10.0. The van der Waals surface area contributed by atoms with Crippen molar-refractivity contribution in [2.24, 2.45) is 0 Å². The van der Waals surface area contributed by atoms with E-state index in [1.54, 1.807) is 6.20 Å². The van der Waals surface area contributed by atoms with Crippen LogP contribution in [0.5, 0.6) is 0 Å². The van der Waals surface area contributed by atoms with E-state index >= 15 is 0 Å². The van der Waals surface area contributed by atoms with Gasteiger partial charge in [-0.1, -0.05) is 0 Å². The van der Waals surface area contributed by atoms with Gasteiger partial charge in [0.05, 0.1) is 4.47 Å². The number of aromatic amines is 1. The Morgan fingerprint density at radius 3 is 3.00 bits per heavy atom. The van der Waals surface area contributed by atoms with Crippen molar-refractivity contribution in [2.75, 3.05) is 11.9 Å². The minimum atomic E-state index is 0.741. The molecule has 0 saturated heterocycles. The van der Waals surface area contributed by atoms with Gasteiger partial charge in [0.25, 0.3) is 0 Å². The molecule has 2 aromatic rings. The standard InChI is InChI=1S/C8H9BrN6/c9-6-3-10-4-13-8(6)11-2-1-7-12-5-14-15-7/h3-5H,1-2H2,(H,10,11,13)(H,12,14,15). The maximum absolute atomic E-state index is 4.08. The highest BCUT2D eigenvalue weighted by molar-refractivity contribution is 9.10. The van der Waals surface area contributed by atoms with Gasteiger partial charge in [0.15, 0.2) is 0 Å². The molecule has 7 heteroatoms. The van der Waals surface area contributed by atoms with Crippen molar-refractivity contribution in [3.8, 4) is 0 Å². The third kappa shape index (κ3) is 2.72. The normalized spacial score (nSPS) is 10.2. The smallest absolute Gasteiger partial charge is 0.143 e. The zero-order valence-electron chi connectivity index (χ0n) is 7.81. The van der Waals surface area contributed by atoms with E-state index < -0.39 is 0 Å². The molecule has 0 saturated carbocycles. The first-order valence-corrected chi connectivity index (χ1v) is 5.19. The van der Waals surface area contributed by atoms with Gasteiger partial charge in [0.2, 0.25) is 0 Å². The maximum Gasteiger partial charge on any atom is 0.143 e. The van der Waals surface area contributed by atoms with Crippen molar-refractivity contribution in [3.05, 3.63) is 29.1 Å². The van der Waals surface area contributed by atoms with Crippen LogP contribution in [0, 0.1) is 0 Å². The predicted octanol–water partition coefficient (Wildman–Crippen LogP) is 1.01. The molecule has 0 aliphatic rings. The Morgan fingerprint density at radius 2 is 2.27 bits per heavy atom. The lowest BCUT2D eigenvalue weighted by Gasteiger charge is -2.04. The van der Waals surface area contributed by atoms with Gasteiger partial charge in [-0.25, -0.2) is 15.0 Å². The zero-order chi connectivity index (χ0) is 10.5. The summed E-state index contributed by atoms with van der Waals surface area (Å²) >= 11 is 3.35. The fourth-order valence-corrected chi connectivity index (χ4v) is 1.45. The second-order valence-electron chi connectivity index (χ2n) is 2.83. The van der Waals surface area contributed by atoms with Crippen molar-refractivity contribution in [1.82, 2.24) is 25.1 Å². The van der Waals surface area contributed by atoms with E-state index in [0.717, 1.165) is 29.1 Å². The summed E-state index contributed by atoms with van der Waals surface area (Å²) in [6, 6.07) is 0. The van der Waals surface area contributed by atoms with E-state index in [1.807, 2.05) is 0 Å². The molecule has 0 radical (unpaired) electrons. The molecule has 0 fully saturated rings. The quantitative estimate of drug-likeness (QED) is 0.866. The lowest BCUT2D eigenvalue weighted by molar-refractivity contribution is 0.895.